The predicted octanol–water partition coefficient (Wildman–Crippen LogP) is -0.0557. The minimum Gasteiger partial charge on any atom is -0.477 e. The number of sulfone groups is 1. The Morgan fingerprint density at radius 2 is 1.95 bits per heavy atom. The molecule has 0 aliphatic heterocycles. The molecule has 0 bridgehead atoms. The molecular formula is C11H14N2O5S. The van der Waals surface area contributed by atoms with Gasteiger partial charge in [0.1, 0.15) is 11.4 Å². The Hall–Kier alpha value is -1.96. The largest absolute Gasteiger partial charge is 0.477 e. The fourth-order valence-electron chi connectivity index (χ4n) is 1.24. The lowest BCUT2D eigenvalue weighted by atomic mass is 10.3. The van der Waals surface area contributed by atoms with E-state index < -0.39 is 21.7 Å². The number of aromatic nitrogens is 1. The van der Waals surface area contributed by atoms with Crippen LogP contribution in [0.1, 0.15) is 27.9 Å². The first-order chi connectivity index (χ1) is 8.85. The van der Waals surface area contributed by atoms with Crippen LogP contribution >= 0.6 is 0 Å². The van der Waals surface area contributed by atoms with Gasteiger partial charge in [0.2, 0.25) is 0 Å². The summed E-state index contributed by atoms with van der Waals surface area (Å²) in [7, 11) is -3.15. The van der Waals surface area contributed by atoms with Gasteiger partial charge in [-0.05, 0) is 12.1 Å². The monoisotopic (exact) mass is 286 g/mol. The molecule has 1 heterocycles. The number of rotatable bonds is 6. The molecule has 0 saturated carbocycles. The summed E-state index contributed by atoms with van der Waals surface area (Å²) in [5.41, 5.74) is -0.303. The zero-order valence-electron chi connectivity index (χ0n) is 10.3. The average molecular weight is 286 g/mol. The van der Waals surface area contributed by atoms with Crippen LogP contribution < -0.4 is 5.32 Å². The van der Waals surface area contributed by atoms with E-state index in [4.69, 9.17) is 5.11 Å². The van der Waals surface area contributed by atoms with Gasteiger partial charge in [0, 0.05) is 12.3 Å². The van der Waals surface area contributed by atoms with Gasteiger partial charge in [-0.3, -0.25) is 4.79 Å². The van der Waals surface area contributed by atoms with Crippen LogP contribution in [-0.2, 0) is 9.84 Å². The van der Waals surface area contributed by atoms with Gasteiger partial charge in [0.25, 0.3) is 5.91 Å². The summed E-state index contributed by atoms with van der Waals surface area (Å²) in [4.78, 5) is 26.0. The molecule has 0 atom stereocenters. The van der Waals surface area contributed by atoms with E-state index in [-0.39, 0.29) is 29.4 Å². The van der Waals surface area contributed by atoms with Crippen molar-refractivity contribution in [3.05, 3.63) is 29.6 Å². The number of carboxylic acids is 1. The highest BCUT2D eigenvalue weighted by atomic mass is 32.2. The number of aromatic carboxylic acids is 1. The molecule has 0 radical (unpaired) electrons. The summed E-state index contributed by atoms with van der Waals surface area (Å²) in [5.74, 6) is -1.98. The Bertz CT molecular complexity index is 583. The first-order valence-electron chi connectivity index (χ1n) is 5.54. The molecule has 0 fully saturated rings. The molecule has 0 aliphatic rings. The summed E-state index contributed by atoms with van der Waals surface area (Å²) >= 11 is 0. The predicted molar refractivity (Wildman–Crippen MR) is 67.9 cm³/mol. The maximum Gasteiger partial charge on any atom is 0.354 e. The van der Waals surface area contributed by atoms with E-state index in [0.29, 0.717) is 0 Å². The number of carbonyl (C=O) groups is 2. The smallest absolute Gasteiger partial charge is 0.354 e. The van der Waals surface area contributed by atoms with Gasteiger partial charge in [-0.25, -0.2) is 18.2 Å². The molecule has 7 nitrogen and oxygen atoms in total. The fraction of sp³-hybridized carbons (Fsp3) is 0.364. The Labute approximate surface area is 110 Å². The van der Waals surface area contributed by atoms with Crippen LogP contribution in [0.25, 0.3) is 0 Å². The number of hydrogen-bond donors (Lipinski definition) is 2. The van der Waals surface area contributed by atoms with E-state index in [1.54, 1.807) is 0 Å². The summed E-state index contributed by atoms with van der Waals surface area (Å²) in [5, 5.41) is 11.1. The highest BCUT2D eigenvalue weighted by Gasteiger charge is 2.12. The fourth-order valence-corrected chi connectivity index (χ4v) is 1.94. The molecule has 0 spiro atoms. The quantitative estimate of drug-likeness (QED) is 0.757. The van der Waals surface area contributed by atoms with Crippen LogP contribution in [-0.4, -0.2) is 48.4 Å². The van der Waals surface area contributed by atoms with E-state index in [0.717, 1.165) is 0 Å². The molecule has 19 heavy (non-hydrogen) atoms. The van der Waals surface area contributed by atoms with Crippen molar-refractivity contribution in [3.8, 4) is 0 Å². The summed E-state index contributed by atoms with van der Waals surface area (Å²) < 4.78 is 22.4. The average Bonchev–Trinajstić information content (AvgIpc) is 2.38. The Kier molecular flexibility index (Phi) is 4.99. The third-order valence-electron chi connectivity index (χ3n) is 2.34. The zero-order chi connectivity index (χ0) is 14.5. The lowest BCUT2D eigenvalue weighted by Crippen LogP contribution is -2.30. The molecule has 1 aromatic rings. The standard InChI is InChI=1S/C11H14N2O5S/c1-2-19(17,18)7-6-12-10(14)8-4-3-5-9(13-8)11(15)16/h3-5H,2,6-7H2,1H3,(H,12,14)(H,15,16). The maximum absolute atomic E-state index is 11.6. The van der Waals surface area contributed by atoms with Crippen molar-refractivity contribution in [2.24, 2.45) is 0 Å². The number of nitrogens with one attached hydrogen (secondary N) is 1. The third-order valence-corrected chi connectivity index (χ3v) is 4.05. The molecule has 0 unspecified atom stereocenters. The molecule has 2 N–H and O–H groups in total. The molecule has 0 saturated heterocycles. The second-order valence-electron chi connectivity index (χ2n) is 3.71. The zero-order valence-corrected chi connectivity index (χ0v) is 11.1. The molecule has 8 heteroatoms. The van der Waals surface area contributed by atoms with Crippen LogP contribution in [0.3, 0.4) is 0 Å². The first kappa shape index (κ1) is 15.1. The second kappa shape index (κ2) is 6.28. The van der Waals surface area contributed by atoms with Crippen molar-refractivity contribution in [1.82, 2.24) is 10.3 Å². The van der Waals surface area contributed by atoms with Crippen LogP contribution in [0, 0.1) is 0 Å². The first-order valence-corrected chi connectivity index (χ1v) is 7.37. The van der Waals surface area contributed by atoms with Gasteiger partial charge < -0.3 is 10.4 Å². The van der Waals surface area contributed by atoms with Crippen molar-refractivity contribution in [1.29, 1.82) is 0 Å². The number of nitrogens with zero attached hydrogens (tertiary/aromatic N) is 1. The lowest BCUT2D eigenvalue weighted by Gasteiger charge is -2.05. The van der Waals surface area contributed by atoms with Crippen LogP contribution in [0.15, 0.2) is 18.2 Å². The lowest BCUT2D eigenvalue weighted by molar-refractivity contribution is 0.0690. The van der Waals surface area contributed by atoms with Gasteiger partial charge in [0.05, 0.1) is 5.75 Å². The van der Waals surface area contributed by atoms with E-state index >= 15 is 0 Å². The molecule has 104 valence electrons. The molecule has 1 amide bonds. The van der Waals surface area contributed by atoms with Gasteiger partial charge in [0.15, 0.2) is 9.84 Å². The van der Waals surface area contributed by atoms with Crippen molar-refractivity contribution < 1.29 is 23.1 Å². The minimum atomic E-state index is -3.15. The molecule has 1 rings (SSSR count). The molecule has 0 aromatic carbocycles. The SMILES string of the molecule is CCS(=O)(=O)CCNC(=O)c1cccc(C(=O)O)n1. The Morgan fingerprint density at radius 1 is 1.32 bits per heavy atom. The van der Waals surface area contributed by atoms with Gasteiger partial charge in [-0.1, -0.05) is 13.0 Å². The van der Waals surface area contributed by atoms with E-state index in [1.165, 1.54) is 25.1 Å². The maximum atomic E-state index is 11.6. The van der Waals surface area contributed by atoms with Crippen molar-refractivity contribution in [2.45, 2.75) is 6.92 Å². The van der Waals surface area contributed by atoms with Crippen LogP contribution in [0.5, 0.6) is 0 Å². The van der Waals surface area contributed by atoms with Crippen LogP contribution in [0.4, 0.5) is 0 Å². The van der Waals surface area contributed by atoms with Crippen molar-refractivity contribution in [3.63, 3.8) is 0 Å². The normalized spacial score (nSPS) is 11.0. The van der Waals surface area contributed by atoms with Crippen LogP contribution in [0.2, 0.25) is 0 Å². The van der Waals surface area contributed by atoms with Crippen molar-refractivity contribution in [2.75, 3.05) is 18.1 Å². The summed E-state index contributed by atoms with van der Waals surface area (Å²) in [6.07, 6.45) is 0. The van der Waals surface area contributed by atoms with E-state index in [2.05, 4.69) is 10.3 Å². The number of carboxylic acid groups (broad SMARTS) is 1. The minimum absolute atomic E-state index is 0.00954. The number of carbonyl (C=O) groups excluding carboxylic acids is 1. The molecule has 1 aromatic heterocycles. The summed E-state index contributed by atoms with van der Waals surface area (Å²) in [6.45, 7) is 1.49. The Balaban J connectivity index is 2.64. The molecule has 0 aliphatic carbocycles. The second-order valence-corrected chi connectivity index (χ2v) is 6.18. The van der Waals surface area contributed by atoms with Crippen molar-refractivity contribution >= 4 is 21.7 Å². The number of pyridine rings is 1. The third kappa shape index (κ3) is 4.66. The van der Waals surface area contributed by atoms with Gasteiger partial charge in [-0.15, -0.1) is 0 Å². The van der Waals surface area contributed by atoms with Gasteiger partial charge in [-0.2, -0.15) is 0 Å². The highest BCUT2D eigenvalue weighted by molar-refractivity contribution is 7.91. The number of hydrogen-bond acceptors (Lipinski definition) is 5. The highest BCUT2D eigenvalue weighted by Crippen LogP contribution is 1.99. The van der Waals surface area contributed by atoms with E-state index in [1.807, 2.05) is 0 Å². The number of amides is 1. The molecular weight excluding hydrogens is 272 g/mol. The van der Waals surface area contributed by atoms with E-state index in [9.17, 15) is 18.0 Å². The Morgan fingerprint density at radius 3 is 2.53 bits per heavy atom. The topological polar surface area (TPSA) is 113 Å². The van der Waals surface area contributed by atoms with Gasteiger partial charge >= 0.3 is 5.97 Å². The summed E-state index contributed by atoms with van der Waals surface area (Å²) in [6, 6.07) is 4.02.